The van der Waals surface area contributed by atoms with E-state index in [0.717, 1.165) is 5.75 Å². The van der Waals surface area contributed by atoms with Crippen molar-refractivity contribution in [2.24, 2.45) is 0 Å². The molecule has 0 saturated carbocycles. The number of thioether (sulfide) groups is 1. The third-order valence-corrected chi connectivity index (χ3v) is 3.54. The second kappa shape index (κ2) is 5.71. The van der Waals surface area contributed by atoms with E-state index in [1.54, 1.807) is 6.07 Å². The molecule has 0 aliphatic carbocycles. The molecule has 5 nitrogen and oxygen atoms in total. The van der Waals surface area contributed by atoms with Crippen LogP contribution in [0.5, 0.6) is 0 Å². The Labute approximate surface area is 115 Å². The Balaban J connectivity index is 2.08. The van der Waals surface area contributed by atoms with Crippen molar-refractivity contribution < 1.29 is 4.92 Å². The van der Waals surface area contributed by atoms with Crippen molar-refractivity contribution >= 4 is 23.3 Å². The largest absolute Gasteiger partial charge is 0.378 e. The molecule has 0 radical (unpaired) electrons. The zero-order valence-electron chi connectivity index (χ0n) is 10.4. The minimum atomic E-state index is -0.530. The average molecular weight is 275 g/mol. The van der Waals surface area contributed by atoms with Gasteiger partial charge in [-0.05, 0) is 18.6 Å². The fourth-order valence-electron chi connectivity index (χ4n) is 1.64. The second-order valence-corrected chi connectivity index (χ2v) is 5.08. The third-order valence-electron chi connectivity index (χ3n) is 2.54. The van der Waals surface area contributed by atoms with Crippen LogP contribution in [0.25, 0.3) is 0 Å². The first-order valence-corrected chi connectivity index (χ1v) is 6.64. The fourth-order valence-corrected chi connectivity index (χ4v) is 2.46. The summed E-state index contributed by atoms with van der Waals surface area (Å²) in [4.78, 5) is 14.1. The molecule has 2 rings (SSSR count). The summed E-state index contributed by atoms with van der Waals surface area (Å²) < 4.78 is 0. The van der Waals surface area contributed by atoms with E-state index in [-0.39, 0.29) is 11.5 Å². The Morgan fingerprint density at radius 3 is 2.79 bits per heavy atom. The summed E-state index contributed by atoms with van der Waals surface area (Å²) in [6.45, 7) is 2.04. The highest BCUT2D eigenvalue weighted by Crippen LogP contribution is 2.26. The van der Waals surface area contributed by atoms with Crippen LogP contribution in [0, 0.1) is 17.0 Å². The number of nitrogen functional groups attached to an aromatic ring is 1. The number of anilines is 1. The van der Waals surface area contributed by atoms with Gasteiger partial charge < -0.3 is 5.73 Å². The molecule has 0 atom stereocenters. The molecule has 0 bridgehead atoms. The third kappa shape index (κ3) is 3.45. The first-order valence-electron chi connectivity index (χ1n) is 5.65. The van der Waals surface area contributed by atoms with E-state index in [9.17, 15) is 10.1 Å². The van der Waals surface area contributed by atoms with Crippen LogP contribution < -0.4 is 5.73 Å². The van der Waals surface area contributed by atoms with E-state index in [1.165, 1.54) is 29.0 Å². The molecule has 0 aliphatic heterocycles. The van der Waals surface area contributed by atoms with Crippen molar-refractivity contribution in [1.29, 1.82) is 0 Å². The lowest BCUT2D eigenvalue weighted by molar-refractivity contribution is -0.384. The van der Waals surface area contributed by atoms with E-state index >= 15 is 0 Å². The maximum Gasteiger partial charge on any atom is 0.311 e. The van der Waals surface area contributed by atoms with Gasteiger partial charge in [0.25, 0.3) is 0 Å². The first-order chi connectivity index (χ1) is 9.06. The van der Waals surface area contributed by atoms with Gasteiger partial charge >= 0.3 is 5.69 Å². The highest BCUT2D eigenvalue weighted by Gasteiger charge is 2.12. The number of nitrogens with zero attached hydrogens (tertiary/aromatic N) is 2. The summed E-state index contributed by atoms with van der Waals surface area (Å²) in [6.07, 6.45) is 0. The minimum Gasteiger partial charge on any atom is -0.378 e. The smallest absolute Gasteiger partial charge is 0.311 e. The number of hydrogen-bond acceptors (Lipinski definition) is 5. The molecule has 0 spiro atoms. The van der Waals surface area contributed by atoms with Gasteiger partial charge in [-0.3, -0.25) is 10.1 Å². The number of rotatable bonds is 4. The molecule has 0 amide bonds. The van der Waals surface area contributed by atoms with E-state index in [4.69, 9.17) is 5.73 Å². The van der Waals surface area contributed by atoms with E-state index < -0.39 is 4.92 Å². The molecule has 0 fully saturated rings. The average Bonchev–Trinajstić information content (AvgIpc) is 2.36. The lowest BCUT2D eigenvalue weighted by Crippen LogP contribution is -1.98. The molecule has 1 aromatic heterocycles. The number of nitrogens with two attached hydrogens (primary N) is 1. The van der Waals surface area contributed by atoms with Crippen LogP contribution in [0.1, 0.15) is 11.1 Å². The molecule has 0 saturated heterocycles. The van der Waals surface area contributed by atoms with Crippen LogP contribution >= 0.6 is 11.8 Å². The standard InChI is InChI=1S/C13H13N3O2S/c1-9-3-2-4-10(7-9)8-19-12-6-5-11(16(17)18)13(14)15-12/h2-7H,8H2,1H3,(H2,14,15). The van der Waals surface area contributed by atoms with Crippen LogP contribution in [-0.4, -0.2) is 9.91 Å². The van der Waals surface area contributed by atoms with Crippen LogP contribution in [-0.2, 0) is 5.75 Å². The van der Waals surface area contributed by atoms with Crippen LogP contribution in [0.4, 0.5) is 11.5 Å². The molecule has 1 aromatic carbocycles. The summed E-state index contributed by atoms with van der Waals surface area (Å²) >= 11 is 1.50. The maximum absolute atomic E-state index is 10.6. The van der Waals surface area contributed by atoms with Crippen molar-refractivity contribution in [3.63, 3.8) is 0 Å². The van der Waals surface area contributed by atoms with Gasteiger partial charge in [-0.2, -0.15) is 0 Å². The highest BCUT2D eigenvalue weighted by atomic mass is 32.2. The van der Waals surface area contributed by atoms with Gasteiger partial charge in [0.05, 0.1) is 9.95 Å². The number of hydrogen-bond donors (Lipinski definition) is 1. The Bertz CT molecular complexity index is 617. The Morgan fingerprint density at radius 2 is 2.16 bits per heavy atom. The van der Waals surface area contributed by atoms with E-state index in [0.29, 0.717) is 5.03 Å². The number of aryl methyl sites for hydroxylation is 1. The topological polar surface area (TPSA) is 82.0 Å². The predicted molar refractivity (Wildman–Crippen MR) is 76.0 cm³/mol. The van der Waals surface area contributed by atoms with Gasteiger partial charge in [0.15, 0.2) is 0 Å². The van der Waals surface area contributed by atoms with Crippen molar-refractivity contribution in [3.8, 4) is 0 Å². The molecule has 19 heavy (non-hydrogen) atoms. The van der Waals surface area contributed by atoms with E-state index in [1.807, 2.05) is 25.1 Å². The lowest BCUT2D eigenvalue weighted by atomic mass is 10.2. The number of pyridine rings is 1. The monoisotopic (exact) mass is 275 g/mol. The van der Waals surface area contributed by atoms with Gasteiger partial charge in [-0.15, -0.1) is 11.8 Å². The maximum atomic E-state index is 10.6. The first kappa shape index (κ1) is 13.4. The van der Waals surface area contributed by atoms with Crippen molar-refractivity contribution in [3.05, 3.63) is 57.6 Å². The quantitative estimate of drug-likeness (QED) is 0.526. The predicted octanol–water partition coefficient (Wildman–Crippen LogP) is 3.17. The minimum absolute atomic E-state index is 0.0424. The molecule has 2 N–H and O–H groups in total. The lowest BCUT2D eigenvalue weighted by Gasteiger charge is -2.03. The van der Waals surface area contributed by atoms with Gasteiger partial charge in [-0.1, -0.05) is 29.8 Å². The van der Waals surface area contributed by atoms with Gasteiger partial charge in [0, 0.05) is 11.8 Å². The summed E-state index contributed by atoms with van der Waals surface area (Å²) in [5.74, 6) is 0.714. The molecule has 0 unspecified atom stereocenters. The molecule has 6 heteroatoms. The Hall–Kier alpha value is -2.08. The van der Waals surface area contributed by atoms with Crippen molar-refractivity contribution in [2.45, 2.75) is 17.7 Å². The van der Waals surface area contributed by atoms with Gasteiger partial charge in [0.2, 0.25) is 5.82 Å². The van der Waals surface area contributed by atoms with Gasteiger partial charge in [0.1, 0.15) is 0 Å². The zero-order valence-corrected chi connectivity index (χ0v) is 11.2. The molecular formula is C13H13N3O2S. The van der Waals surface area contributed by atoms with E-state index in [2.05, 4.69) is 11.1 Å². The number of benzene rings is 1. The molecular weight excluding hydrogens is 262 g/mol. The Kier molecular flexibility index (Phi) is 4.01. The van der Waals surface area contributed by atoms with Crippen molar-refractivity contribution in [2.75, 3.05) is 5.73 Å². The molecule has 0 aliphatic rings. The van der Waals surface area contributed by atoms with Crippen LogP contribution in [0.2, 0.25) is 0 Å². The molecule has 98 valence electrons. The van der Waals surface area contributed by atoms with Crippen molar-refractivity contribution in [1.82, 2.24) is 4.98 Å². The fraction of sp³-hybridized carbons (Fsp3) is 0.154. The second-order valence-electron chi connectivity index (χ2n) is 4.09. The Morgan fingerprint density at radius 1 is 1.37 bits per heavy atom. The number of nitro groups is 1. The molecule has 1 heterocycles. The molecule has 2 aromatic rings. The SMILES string of the molecule is Cc1cccc(CSc2ccc([N+](=O)[O-])c(N)n2)c1. The normalized spacial score (nSPS) is 10.4. The summed E-state index contributed by atoms with van der Waals surface area (Å²) in [6, 6.07) is 11.2. The number of aromatic nitrogens is 1. The van der Waals surface area contributed by atoms with Gasteiger partial charge in [-0.25, -0.2) is 4.98 Å². The van der Waals surface area contributed by atoms with Crippen LogP contribution in [0.15, 0.2) is 41.4 Å². The highest BCUT2D eigenvalue weighted by molar-refractivity contribution is 7.98. The summed E-state index contributed by atoms with van der Waals surface area (Å²) in [5, 5.41) is 11.3. The summed E-state index contributed by atoms with van der Waals surface area (Å²) in [7, 11) is 0. The summed E-state index contributed by atoms with van der Waals surface area (Å²) in [5.41, 5.74) is 7.78. The van der Waals surface area contributed by atoms with Crippen LogP contribution in [0.3, 0.4) is 0 Å². The zero-order chi connectivity index (χ0) is 13.8.